The maximum absolute atomic E-state index is 8.87. The number of halogens is 3. The highest BCUT2D eigenvalue weighted by Crippen LogP contribution is 2.30. The van der Waals surface area contributed by atoms with E-state index < -0.39 is 0 Å². The van der Waals surface area contributed by atoms with E-state index in [2.05, 4.69) is 15.9 Å². The Kier molecular flexibility index (Phi) is 4.53. The smallest absolute Gasteiger partial charge is 0.0733 e. The van der Waals surface area contributed by atoms with Crippen molar-refractivity contribution in [2.45, 2.75) is 10.2 Å². The number of aliphatic hydroxyl groups excluding tert-OH is 1. The standard InChI is InChI=1S/C9H9BrCl2O/c10-8(5-13)9(12)6-2-1-3-7(11)4-6/h1-4,8-9,13H,5H2. The number of alkyl halides is 2. The van der Waals surface area contributed by atoms with Crippen molar-refractivity contribution in [2.75, 3.05) is 6.61 Å². The lowest BCUT2D eigenvalue weighted by Gasteiger charge is -2.14. The lowest BCUT2D eigenvalue weighted by atomic mass is 10.1. The molecule has 0 aliphatic rings. The van der Waals surface area contributed by atoms with Gasteiger partial charge in [0.05, 0.1) is 16.8 Å². The van der Waals surface area contributed by atoms with Crippen LogP contribution in [0.25, 0.3) is 0 Å². The molecule has 1 N–H and O–H groups in total. The van der Waals surface area contributed by atoms with Crippen LogP contribution in [0.2, 0.25) is 5.02 Å². The molecular weight excluding hydrogens is 275 g/mol. The van der Waals surface area contributed by atoms with E-state index in [0.29, 0.717) is 5.02 Å². The highest BCUT2D eigenvalue weighted by Gasteiger charge is 2.17. The van der Waals surface area contributed by atoms with E-state index in [-0.39, 0.29) is 16.8 Å². The van der Waals surface area contributed by atoms with E-state index in [4.69, 9.17) is 28.3 Å². The summed E-state index contributed by atoms with van der Waals surface area (Å²) in [5.41, 5.74) is 0.907. The largest absolute Gasteiger partial charge is 0.395 e. The molecule has 2 atom stereocenters. The van der Waals surface area contributed by atoms with Crippen LogP contribution in [0.15, 0.2) is 24.3 Å². The number of hydrogen-bond acceptors (Lipinski definition) is 1. The van der Waals surface area contributed by atoms with E-state index in [0.717, 1.165) is 5.56 Å². The molecule has 0 saturated heterocycles. The number of benzene rings is 1. The second kappa shape index (κ2) is 5.20. The molecule has 4 heteroatoms. The van der Waals surface area contributed by atoms with E-state index in [9.17, 15) is 0 Å². The minimum absolute atomic E-state index is 0.000675. The van der Waals surface area contributed by atoms with Crippen molar-refractivity contribution in [1.82, 2.24) is 0 Å². The van der Waals surface area contributed by atoms with Gasteiger partial charge in [-0.25, -0.2) is 0 Å². The number of aliphatic hydroxyl groups is 1. The summed E-state index contributed by atoms with van der Waals surface area (Å²) in [5.74, 6) is 0. The van der Waals surface area contributed by atoms with Crippen molar-refractivity contribution in [3.05, 3.63) is 34.9 Å². The minimum Gasteiger partial charge on any atom is -0.395 e. The summed E-state index contributed by atoms with van der Waals surface area (Å²) in [7, 11) is 0. The second-order valence-corrected chi connectivity index (χ2v) is 4.74. The van der Waals surface area contributed by atoms with E-state index in [1.807, 2.05) is 12.1 Å². The predicted molar refractivity (Wildman–Crippen MR) is 59.8 cm³/mol. The fourth-order valence-corrected chi connectivity index (χ4v) is 1.70. The Labute approximate surface area is 95.8 Å². The van der Waals surface area contributed by atoms with Crippen molar-refractivity contribution < 1.29 is 5.11 Å². The summed E-state index contributed by atoms with van der Waals surface area (Å²) in [5, 5.41) is 9.26. The third-order valence-corrected chi connectivity index (χ3v) is 3.57. The van der Waals surface area contributed by atoms with Crippen LogP contribution in [-0.2, 0) is 0 Å². The van der Waals surface area contributed by atoms with Gasteiger partial charge < -0.3 is 5.11 Å². The Bertz CT molecular complexity index is 280. The molecule has 1 nitrogen and oxygen atoms in total. The Morgan fingerprint density at radius 2 is 2.15 bits per heavy atom. The van der Waals surface area contributed by atoms with Gasteiger partial charge in [-0.05, 0) is 17.7 Å². The molecular formula is C9H9BrCl2O. The summed E-state index contributed by atoms with van der Waals surface area (Å²) in [6.45, 7) is 0.000675. The first-order valence-corrected chi connectivity index (χ1v) is 5.52. The molecule has 0 saturated carbocycles. The van der Waals surface area contributed by atoms with Crippen LogP contribution in [0.4, 0.5) is 0 Å². The van der Waals surface area contributed by atoms with Crippen LogP contribution >= 0.6 is 39.1 Å². The van der Waals surface area contributed by atoms with Gasteiger partial charge >= 0.3 is 0 Å². The van der Waals surface area contributed by atoms with Crippen molar-refractivity contribution in [3.8, 4) is 0 Å². The summed E-state index contributed by atoms with van der Waals surface area (Å²) in [6.07, 6.45) is 0. The molecule has 0 aliphatic heterocycles. The van der Waals surface area contributed by atoms with Gasteiger partial charge in [-0.3, -0.25) is 0 Å². The van der Waals surface area contributed by atoms with Crippen molar-refractivity contribution in [1.29, 1.82) is 0 Å². The summed E-state index contributed by atoms with van der Waals surface area (Å²) in [4.78, 5) is -0.146. The van der Waals surface area contributed by atoms with E-state index >= 15 is 0 Å². The molecule has 0 fully saturated rings. The van der Waals surface area contributed by atoms with Crippen LogP contribution in [0.3, 0.4) is 0 Å². The average Bonchev–Trinajstić information content (AvgIpc) is 2.15. The van der Waals surface area contributed by atoms with Crippen molar-refractivity contribution in [2.24, 2.45) is 0 Å². The summed E-state index contributed by atoms with van der Waals surface area (Å²) in [6, 6.07) is 7.30. The fraction of sp³-hybridized carbons (Fsp3) is 0.333. The maximum Gasteiger partial charge on any atom is 0.0733 e. The quantitative estimate of drug-likeness (QED) is 0.844. The van der Waals surface area contributed by atoms with Gasteiger partial charge in [0.2, 0.25) is 0 Å². The molecule has 0 aromatic heterocycles. The lowest BCUT2D eigenvalue weighted by Crippen LogP contribution is -2.11. The molecule has 0 bridgehead atoms. The maximum atomic E-state index is 8.87. The second-order valence-electron chi connectivity index (χ2n) is 2.66. The third kappa shape index (κ3) is 3.13. The first-order valence-electron chi connectivity index (χ1n) is 3.79. The molecule has 1 aromatic rings. The van der Waals surface area contributed by atoms with Crippen LogP contribution in [0.1, 0.15) is 10.9 Å². The van der Waals surface area contributed by atoms with Gasteiger partial charge in [-0.15, -0.1) is 11.6 Å². The number of rotatable bonds is 3. The Hall–Kier alpha value is 0.240. The topological polar surface area (TPSA) is 20.2 Å². The molecule has 72 valence electrons. The SMILES string of the molecule is OCC(Br)C(Cl)c1cccc(Cl)c1. The molecule has 0 aliphatic carbocycles. The monoisotopic (exact) mass is 282 g/mol. The van der Waals surface area contributed by atoms with Gasteiger partial charge in [0.25, 0.3) is 0 Å². The highest BCUT2D eigenvalue weighted by atomic mass is 79.9. The normalized spacial score (nSPS) is 15.4. The van der Waals surface area contributed by atoms with Crippen LogP contribution in [0.5, 0.6) is 0 Å². The van der Waals surface area contributed by atoms with Crippen molar-refractivity contribution >= 4 is 39.1 Å². The van der Waals surface area contributed by atoms with E-state index in [1.165, 1.54) is 0 Å². The van der Waals surface area contributed by atoms with Gasteiger partial charge in [0, 0.05) is 5.02 Å². The number of hydrogen-bond donors (Lipinski definition) is 1. The summed E-state index contributed by atoms with van der Waals surface area (Å²) >= 11 is 15.1. The molecule has 1 aromatic carbocycles. The molecule has 1 rings (SSSR count). The molecule has 13 heavy (non-hydrogen) atoms. The Balaban J connectivity index is 2.82. The van der Waals surface area contributed by atoms with Crippen LogP contribution in [-0.4, -0.2) is 16.5 Å². The van der Waals surface area contributed by atoms with Gasteiger partial charge in [-0.1, -0.05) is 39.7 Å². The first-order chi connectivity index (χ1) is 6.15. The zero-order chi connectivity index (χ0) is 9.84. The fourth-order valence-electron chi connectivity index (χ4n) is 0.979. The van der Waals surface area contributed by atoms with Gasteiger partial charge in [0.1, 0.15) is 0 Å². The van der Waals surface area contributed by atoms with Crippen LogP contribution in [0, 0.1) is 0 Å². The average molecular weight is 284 g/mol. The lowest BCUT2D eigenvalue weighted by molar-refractivity contribution is 0.294. The molecule has 0 radical (unpaired) electrons. The highest BCUT2D eigenvalue weighted by molar-refractivity contribution is 9.09. The Morgan fingerprint density at radius 1 is 1.46 bits per heavy atom. The summed E-state index contributed by atoms with van der Waals surface area (Å²) < 4.78 is 0. The molecule has 0 spiro atoms. The molecule has 2 unspecified atom stereocenters. The molecule has 0 heterocycles. The first kappa shape index (κ1) is 11.3. The third-order valence-electron chi connectivity index (χ3n) is 1.66. The van der Waals surface area contributed by atoms with Crippen molar-refractivity contribution in [3.63, 3.8) is 0 Å². The molecule has 0 amide bonds. The van der Waals surface area contributed by atoms with Crippen LogP contribution < -0.4 is 0 Å². The zero-order valence-corrected chi connectivity index (χ0v) is 9.85. The zero-order valence-electron chi connectivity index (χ0n) is 6.75. The van der Waals surface area contributed by atoms with E-state index in [1.54, 1.807) is 12.1 Å². The Morgan fingerprint density at radius 3 is 2.69 bits per heavy atom. The van der Waals surface area contributed by atoms with Gasteiger partial charge in [-0.2, -0.15) is 0 Å². The predicted octanol–water partition coefficient (Wildman–Crippen LogP) is 3.38. The van der Waals surface area contributed by atoms with Gasteiger partial charge in [0.15, 0.2) is 0 Å². The minimum atomic E-state index is -0.260.